The minimum absolute atomic E-state index is 0.0761. The highest BCUT2D eigenvalue weighted by molar-refractivity contribution is 5.28. The fourth-order valence-corrected chi connectivity index (χ4v) is 2.53. The molecule has 1 aromatic rings. The Balaban J connectivity index is 2.18. The number of rotatable bonds is 2. The lowest BCUT2D eigenvalue weighted by Crippen LogP contribution is -2.40. The molecule has 19 heavy (non-hydrogen) atoms. The van der Waals surface area contributed by atoms with Crippen LogP contribution in [0.3, 0.4) is 0 Å². The number of alkyl halides is 3. The van der Waals surface area contributed by atoms with Crippen molar-refractivity contribution in [3.8, 4) is 0 Å². The van der Waals surface area contributed by atoms with Gasteiger partial charge in [0.2, 0.25) is 0 Å². The third-order valence-electron chi connectivity index (χ3n) is 3.59. The summed E-state index contributed by atoms with van der Waals surface area (Å²) in [6.45, 7) is 4.04. The van der Waals surface area contributed by atoms with Crippen LogP contribution in [0.25, 0.3) is 0 Å². The molecule has 0 bridgehead atoms. The van der Waals surface area contributed by atoms with Gasteiger partial charge in [0.1, 0.15) is 0 Å². The van der Waals surface area contributed by atoms with Gasteiger partial charge in [0, 0.05) is 11.6 Å². The van der Waals surface area contributed by atoms with Crippen molar-refractivity contribution in [3.05, 3.63) is 35.4 Å². The molecule has 5 heteroatoms. The van der Waals surface area contributed by atoms with Crippen molar-refractivity contribution in [1.82, 2.24) is 5.32 Å². The topological polar surface area (TPSA) is 32.3 Å². The molecule has 1 aromatic carbocycles. The van der Waals surface area contributed by atoms with Crippen LogP contribution in [0.2, 0.25) is 0 Å². The summed E-state index contributed by atoms with van der Waals surface area (Å²) in [5.41, 5.74) is -0.487. The number of nitrogens with one attached hydrogen (secondary N) is 1. The van der Waals surface area contributed by atoms with Gasteiger partial charge in [-0.1, -0.05) is 12.1 Å². The van der Waals surface area contributed by atoms with E-state index in [4.69, 9.17) is 0 Å². The molecule has 0 amide bonds. The molecule has 106 valence electrons. The largest absolute Gasteiger partial charge is 0.416 e. The summed E-state index contributed by atoms with van der Waals surface area (Å²) >= 11 is 0. The minimum atomic E-state index is -4.38. The average Bonchev–Trinajstić information content (AvgIpc) is 2.68. The molecule has 1 aliphatic rings. The number of halogens is 3. The lowest BCUT2D eigenvalue weighted by atomic mass is 9.98. The summed E-state index contributed by atoms with van der Waals surface area (Å²) in [6.07, 6.45) is -3.64. The van der Waals surface area contributed by atoms with Gasteiger partial charge in [-0.3, -0.25) is 0 Å². The summed E-state index contributed by atoms with van der Waals surface area (Å²) in [7, 11) is 0. The van der Waals surface area contributed by atoms with Crippen LogP contribution in [0.4, 0.5) is 13.2 Å². The molecule has 0 saturated carbocycles. The molecular weight excluding hydrogens is 255 g/mol. The first kappa shape index (κ1) is 14.3. The van der Waals surface area contributed by atoms with E-state index < -0.39 is 17.8 Å². The van der Waals surface area contributed by atoms with Crippen LogP contribution >= 0.6 is 0 Å². The van der Waals surface area contributed by atoms with Crippen molar-refractivity contribution >= 4 is 0 Å². The van der Waals surface area contributed by atoms with Gasteiger partial charge < -0.3 is 10.4 Å². The molecule has 0 spiro atoms. The second-order valence-corrected chi connectivity index (χ2v) is 5.74. The second-order valence-electron chi connectivity index (χ2n) is 5.74. The number of hydrogen-bond acceptors (Lipinski definition) is 2. The molecule has 1 aliphatic heterocycles. The zero-order valence-corrected chi connectivity index (χ0v) is 11.0. The van der Waals surface area contributed by atoms with E-state index in [0.717, 1.165) is 25.0 Å². The fourth-order valence-electron chi connectivity index (χ4n) is 2.53. The zero-order chi connectivity index (χ0) is 14.3. The van der Waals surface area contributed by atoms with Gasteiger partial charge >= 0.3 is 6.18 Å². The molecule has 2 nitrogen and oxygen atoms in total. The summed E-state index contributed by atoms with van der Waals surface area (Å²) in [5.74, 6) is 0. The van der Waals surface area contributed by atoms with E-state index in [1.807, 2.05) is 13.8 Å². The minimum Gasteiger partial charge on any atom is -0.387 e. The highest BCUT2D eigenvalue weighted by Gasteiger charge is 2.36. The van der Waals surface area contributed by atoms with Gasteiger partial charge in [-0.2, -0.15) is 13.2 Å². The Hall–Kier alpha value is -1.07. The van der Waals surface area contributed by atoms with Crippen LogP contribution in [-0.2, 0) is 6.18 Å². The molecule has 2 N–H and O–H groups in total. The molecule has 2 atom stereocenters. The third-order valence-corrected chi connectivity index (χ3v) is 3.59. The van der Waals surface area contributed by atoms with Gasteiger partial charge in [-0.25, -0.2) is 0 Å². The van der Waals surface area contributed by atoms with E-state index in [1.54, 1.807) is 0 Å². The van der Waals surface area contributed by atoms with Crippen molar-refractivity contribution < 1.29 is 18.3 Å². The first-order chi connectivity index (χ1) is 8.69. The van der Waals surface area contributed by atoms with E-state index in [-0.39, 0.29) is 11.6 Å². The smallest absolute Gasteiger partial charge is 0.387 e. The maximum Gasteiger partial charge on any atom is 0.416 e. The predicted molar refractivity (Wildman–Crippen MR) is 66.6 cm³/mol. The number of aliphatic hydroxyl groups is 1. The van der Waals surface area contributed by atoms with E-state index in [1.165, 1.54) is 12.1 Å². The van der Waals surface area contributed by atoms with Crippen LogP contribution in [0.1, 0.15) is 43.9 Å². The van der Waals surface area contributed by atoms with Gasteiger partial charge in [-0.15, -0.1) is 0 Å². The van der Waals surface area contributed by atoms with Crippen LogP contribution in [0, 0.1) is 0 Å². The van der Waals surface area contributed by atoms with E-state index in [9.17, 15) is 18.3 Å². The fraction of sp³-hybridized carbons (Fsp3) is 0.571. The number of benzene rings is 1. The van der Waals surface area contributed by atoms with Gasteiger partial charge in [-0.05, 0) is 44.4 Å². The average molecular weight is 273 g/mol. The van der Waals surface area contributed by atoms with Crippen molar-refractivity contribution in [2.75, 3.05) is 0 Å². The quantitative estimate of drug-likeness (QED) is 0.866. The number of aliphatic hydroxyl groups excluding tert-OH is 1. The third kappa shape index (κ3) is 3.28. The normalized spacial score (nSPS) is 24.4. The van der Waals surface area contributed by atoms with Crippen molar-refractivity contribution in [1.29, 1.82) is 0 Å². The van der Waals surface area contributed by atoms with E-state index in [0.29, 0.717) is 5.56 Å². The van der Waals surface area contributed by atoms with Crippen molar-refractivity contribution in [2.24, 2.45) is 0 Å². The first-order valence-corrected chi connectivity index (χ1v) is 6.32. The number of hydrogen-bond donors (Lipinski definition) is 2. The molecular formula is C14H18F3NO. The Morgan fingerprint density at radius 1 is 1.37 bits per heavy atom. The molecule has 1 heterocycles. The van der Waals surface area contributed by atoms with Crippen LogP contribution < -0.4 is 5.32 Å². The van der Waals surface area contributed by atoms with Crippen molar-refractivity contribution in [2.45, 2.75) is 50.6 Å². The second kappa shape index (κ2) is 4.80. The monoisotopic (exact) mass is 273 g/mol. The van der Waals surface area contributed by atoms with E-state index in [2.05, 4.69) is 5.32 Å². The van der Waals surface area contributed by atoms with Gasteiger partial charge in [0.15, 0.2) is 0 Å². The Morgan fingerprint density at radius 2 is 2.05 bits per heavy atom. The highest BCUT2D eigenvalue weighted by atomic mass is 19.4. The van der Waals surface area contributed by atoms with Gasteiger partial charge in [0.05, 0.1) is 11.7 Å². The lowest BCUT2D eigenvalue weighted by molar-refractivity contribution is -0.137. The molecule has 2 unspecified atom stereocenters. The van der Waals surface area contributed by atoms with Gasteiger partial charge in [0.25, 0.3) is 0 Å². The standard InChI is InChI=1S/C14H18F3NO/c1-13(2)7-6-11(18-13)12(19)9-4-3-5-10(8-9)14(15,16)17/h3-5,8,11-12,18-19H,6-7H2,1-2H3. The molecule has 0 aromatic heterocycles. The molecule has 0 radical (unpaired) electrons. The molecule has 2 rings (SSSR count). The van der Waals surface area contributed by atoms with Crippen LogP contribution in [0.15, 0.2) is 24.3 Å². The molecule has 0 aliphatic carbocycles. The Morgan fingerprint density at radius 3 is 2.58 bits per heavy atom. The summed E-state index contributed by atoms with van der Waals surface area (Å²) in [6, 6.07) is 4.72. The Labute approximate surface area is 110 Å². The zero-order valence-electron chi connectivity index (χ0n) is 11.0. The van der Waals surface area contributed by atoms with E-state index >= 15 is 0 Å². The maximum atomic E-state index is 12.6. The first-order valence-electron chi connectivity index (χ1n) is 6.32. The lowest BCUT2D eigenvalue weighted by Gasteiger charge is -2.24. The van der Waals surface area contributed by atoms with Crippen LogP contribution in [0.5, 0.6) is 0 Å². The van der Waals surface area contributed by atoms with Crippen LogP contribution in [-0.4, -0.2) is 16.7 Å². The van der Waals surface area contributed by atoms with Crippen molar-refractivity contribution in [3.63, 3.8) is 0 Å². The molecule has 1 saturated heterocycles. The molecule has 1 fully saturated rings. The Bertz CT molecular complexity index is 456. The maximum absolute atomic E-state index is 12.6. The summed E-state index contributed by atoms with van der Waals surface area (Å²) in [4.78, 5) is 0. The summed E-state index contributed by atoms with van der Waals surface area (Å²) in [5, 5.41) is 13.5. The predicted octanol–water partition coefficient (Wildman–Crippen LogP) is 3.27. The highest BCUT2D eigenvalue weighted by Crippen LogP contribution is 2.34. The SMILES string of the molecule is CC1(C)CCC(C(O)c2cccc(C(F)(F)F)c2)N1. The summed E-state index contributed by atoms with van der Waals surface area (Å²) < 4.78 is 37.9. The Kier molecular flexibility index (Phi) is 3.62.